The van der Waals surface area contributed by atoms with Crippen LogP contribution in [-0.4, -0.2) is 15.4 Å². The second kappa shape index (κ2) is 5.88. The van der Waals surface area contributed by atoms with Crippen LogP contribution < -0.4 is 0 Å². The number of imidazole rings is 1. The first-order chi connectivity index (χ1) is 10.1. The molecule has 1 heterocycles. The van der Waals surface area contributed by atoms with Gasteiger partial charge in [-0.3, -0.25) is 4.57 Å². The van der Waals surface area contributed by atoms with Crippen molar-refractivity contribution >= 4 is 45.2 Å². The lowest BCUT2D eigenvalue weighted by molar-refractivity contribution is 0.577. The Balaban J connectivity index is 2.30. The van der Waals surface area contributed by atoms with Crippen LogP contribution in [0.15, 0.2) is 36.4 Å². The van der Waals surface area contributed by atoms with E-state index in [0.29, 0.717) is 18.1 Å². The lowest BCUT2D eigenvalue weighted by atomic mass is 10.2. The van der Waals surface area contributed by atoms with Crippen LogP contribution in [0.3, 0.4) is 0 Å². The third-order valence-corrected chi connectivity index (χ3v) is 4.01. The topological polar surface area (TPSA) is 17.8 Å². The van der Waals surface area contributed by atoms with Crippen molar-refractivity contribution in [2.24, 2.45) is 0 Å². The van der Waals surface area contributed by atoms with Gasteiger partial charge in [-0.15, -0.1) is 11.6 Å². The Bertz CT molecular complexity index is 817. The van der Waals surface area contributed by atoms with E-state index in [1.807, 2.05) is 18.2 Å². The lowest BCUT2D eigenvalue weighted by Gasteiger charge is -2.10. The molecule has 0 saturated carbocycles. The molecule has 3 rings (SSSR count). The summed E-state index contributed by atoms with van der Waals surface area (Å²) in [5.74, 6) is -0.186. The Kier molecular flexibility index (Phi) is 4.12. The molecule has 3 aromatic rings. The number of halogens is 4. The van der Waals surface area contributed by atoms with Gasteiger partial charge < -0.3 is 0 Å². The molecule has 108 valence electrons. The van der Waals surface area contributed by atoms with Crippen molar-refractivity contribution in [3.05, 3.63) is 57.4 Å². The molecule has 0 aliphatic carbocycles. The molecule has 2 nitrogen and oxygen atoms in total. The van der Waals surface area contributed by atoms with Gasteiger partial charge in [0.15, 0.2) is 0 Å². The first-order valence-electron chi connectivity index (χ1n) is 6.28. The van der Waals surface area contributed by atoms with E-state index in [1.165, 1.54) is 12.1 Å². The Hall–Kier alpha value is -1.21. The van der Waals surface area contributed by atoms with E-state index >= 15 is 0 Å². The van der Waals surface area contributed by atoms with Crippen molar-refractivity contribution < 1.29 is 8.78 Å². The monoisotopic (exact) mass is 418 g/mol. The smallest absolute Gasteiger partial charge is 0.150 e. The fraction of sp³-hybridized carbons (Fsp3) is 0.133. The van der Waals surface area contributed by atoms with Gasteiger partial charge in [0.2, 0.25) is 0 Å². The molecular weight excluding hydrogens is 409 g/mol. The zero-order valence-electron chi connectivity index (χ0n) is 10.8. The number of benzene rings is 2. The average Bonchev–Trinajstić information content (AvgIpc) is 2.76. The molecule has 0 N–H and O–H groups in total. The summed E-state index contributed by atoms with van der Waals surface area (Å²) in [5, 5.41) is 0. The zero-order valence-corrected chi connectivity index (χ0v) is 13.7. The van der Waals surface area contributed by atoms with Gasteiger partial charge >= 0.3 is 0 Å². The highest BCUT2D eigenvalue weighted by atomic mass is 127. The normalized spacial score (nSPS) is 11.2. The lowest BCUT2D eigenvalue weighted by Crippen LogP contribution is -2.04. The Morgan fingerprint density at radius 3 is 2.67 bits per heavy atom. The third-order valence-electron chi connectivity index (χ3n) is 3.15. The summed E-state index contributed by atoms with van der Waals surface area (Å²) in [7, 11) is 0. The molecule has 2 aromatic carbocycles. The zero-order chi connectivity index (χ0) is 15.0. The molecule has 0 atom stereocenters. The van der Waals surface area contributed by atoms with Gasteiger partial charge in [-0.1, -0.05) is 0 Å². The summed E-state index contributed by atoms with van der Waals surface area (Å²) in [6, 6.07) is 9.25. The number of nitrogens with zero attached hydrogens (tertiary/aromatic N) is 2. The van der Waals surface area contributed by atoms with Crippen LogP contribution in [0.4, 0.5) is 8.78 Å². The maximum atomic E-state index is 14.1. The van der Waals surface area contributed by atoms with E-state index in [-0.39, 0.29) is 5.69 Å². The minimum absolute atomic E-state index is 0.278. The third kappa shape index (κ3) is 2.76. The standard InChI is InChI=1S/C15H10ClF2IN2/c16-6-5-15-20-12-8-10(19)2-4-14(12)21(15)13-3-1-9(17)7-11(13)18/h1-4,7-8H,5-6H2. The predicted octanol–water partition coefficient (Wildman–Crippen LogP) is 4.69. The minimum Gasteiger partial charge on any atom is -0.293 e. The maximum absolute atomic E-state index is 14.1. The number of hydrogen-bond acceptors (Lipinski definition) is 1. The van der Waals surface area contributed by atoms with Crippen molar-refractivity contribution in [2.45, 2.75) is 6.42 Å². The van der Waals surface area contributed by atoms with Gasteiger partial charge in [0.25, 0.3) is 0 Å². The van der Waals surface area contributed by atoms with E-state index in [1.54, 1.807) is 4.57 Å². The Morgan fingerprint density at radius 2 is 1.95 bits per heavy atom. The molecule has 0 spiro atoms. The van der Waals surface area contributed by atoms with Crippen molar-refractivity contribution in [2.75, 3.05) is 5.88 Å². The SMILES string of the molecule is Fc1ccc(-n2c(CCCl)nc3cc(I)ccc32)c(F)c1. The van der Waals surface area contributed by atoms with Crippen molar-refractivity contribution in [1.82, 2.24) is 9.55 Å². The average molecular weight is 419 g/mol. The van der Waals surface area contributed by atoms with Gasteiger partial charge in [0.05, 0.1) is 16.7 Å². The first kappa shape index (κ1) is 14.7. The molecule has 0 fully saturated rings. The van der Waals surface area contributed by atoms with Crippen molar-refractivity contribution in [1.29, 1.82) is 0 Å². The van der Waals surface area contributed by atoms with Crippen LogP contribution in [0.2, 0.25) is 0 Å². The largest absolute Gasteiger partial charge is 0.293 e. The van der Waals surface area contributed by atoms with Crippen LogP contribution in [-0.2, 0) is 6.42 Å². The summed E-state index contributed by atoms with van der Waals surface area (Å²) in [5.41, 5.74) is 1.83. The maximum Gasteiger partial charge on any atom is 0.150 e. The molecule has 6 heteroatoms. The van der Waals surface area contributed by atoms with Crippen LogP contribution in [0.25, 0.3) is 16.7 Å². The number of fused-ring (bicyclic) bond motifs is 1. The van der Waals surface area contributed by atoms with E-state index in [9.17, 15) is 8.78 Å². The highest BCUT2D eigenvalue weighted by molar-refractivity contribution is 14.1. The molecule has 21 heavy (non-hydrogen) atoms. The fourth-order valence-corrected chi connectivity index (χ4v) is 2.93. The van der Waals surface area contributed by atoms with Crippen molar-refractivity contribution in [3.8, 4) is 5.69 Å². The molecule has 0 radical (unpaired) electrons. The number of aryl methyl sites for hydroxylation is 1. The molecule has 0 aliphatic rings. The summed E-state index contributed by atoms with van der Waals surface area (Å²) >= 11 is 8.01. The van der Waals surface area contributed by atoms with E-state index in [2.05, 4.69) is 27.6 Å². The summed E-state index contributed by atoms with van der Waals surface area (Å²) in [6.45, 7) is 0. The number of aromatic nitrogens is 2. The summed E-state index contributed by atoms with van der Waals surface area (Å²) in [4.78, 5) is 4.52. The van der Waals surface area contributed by atoms with Crippen molar-refractivity contribution in [3.63, 3.8) is 0 Å². The van der Waals surface area contributed by atoms with Gasteiger partial charge in [0.1, 0.15) is 17.5 Å². The second-order valence-electron chi connectivity index (χ2n) is 4.53. The Morgan fingerprint density at radius 1 is 1.14 bits per heavy atom. The van der Waals surface area contributed by atoms with Crippen LogP contribution in [0.1, 0.15) is 5.82 Å². The van der Waals surface area contributed by atoms with Gasteiger partial charge in [-0.25, -0.2) is 13.8 Å². The molecule has 0 amide bonds. The van der Waals surface area contributed by atoms with Gasteiger partial charge in [0, 0.05) is 21.9 Å². The highest BCUT2D eigenvalue weighted by Crippen LogP contribution is 2.25. The van der Waals surface area contributed by atoms with Crippen LogP contribution in [0.5, 0.6) is 0 Å². The molecule has 0 saturated heterocycles. The predicted molar refractivity (Wildman–Crippen MR) is 88.1 cm³/mol. The first-order valence-corrected chi connectivity index (χ1v) is 7.90. The van der Waals surface area contributed by atoms with Gasteiger partial charge in [-0.05, 0) is 52.9 Å². The summed E-state index contributed by atoms with van der Waals surface area (Å²) < 4.78 is 30.0. The number of hydrogen-bond donors (Lipinski definition) is 0. The molecule has 0 bridgehead atoms. The van der Waals surface area contributed by atoms with Crippen LogP contribution >= 0.6 is 34.2 Å². The van der Waals surface area contributed by atoms with Gasteiger partial charge in [-0.2, -0.15) is 0 Å². The fourth-order valence-electron chi connectivity index (χ4n) is 2.29. The van der Waals surface area contributed by atoms with E-state index in [4.69, 9.17) is 11.6 Å². The quantitative estimate of drug-likeness (QED) is 0.446. The second-order valence-corrected chi connectivity index (χ2v) is 6.15. The summed E-state index contributed by atoms with van der Waals surface area (Å²) in [6.07, 6.45) is 0.504. The van der Waals surface area contributed by atoms with E-state index < -0.39 is 11.6 Å². The molecule has 0 aliphatic heterocycles. The minimum atomic E-state index is -0.622. The van der Waals surface area contributed by atoms with Crippen LogP contribution in [0, 0.1) is 15.2 Å². The molecule has 0 unspecified atom stereocenters. The highest BCUT2D eigenvalue weighted by Gasteiger charge is 2.15. The number of alkyl halides is 1. The Labute approximate surface area is 138 Å². The van der Waals surface area contributed by atoms with E-state index in [0.717, 1.165) is 20.7 Å². The molecule has 1 aromatic heterocycles. The number of rotatable bonds is 3. The molecular formula is C15H10ClF2IN2.